The molecule has 0 aliphatic carbocycles. The van der Waals surface area contributed by atoms with Crippen LogP contribution in [-0.2, 0) is 4.74 Å². The summed E-state index contributed by atoms with van der Waals surface area (Å²) in [6, 6.07) is 5.53. The van der Waals surface area contributed by atoms with E-state index in [-0.39, 0.29) is 18.4 Å². The molecule has 0 radical (unpaired) electrons. The molecule has 0 amide bonds. The number of phenols is 1. The van der Waals surface area contributed by atoms with Gasteiger partial charge in [0.05, 0.1) is 19.3 Å². The van der Waals surface area contributed by atoms with Gasteiger partial charge in [0.1, 0.15) is 5.75 Å². The summed E-state index contributed by atoms with van der Waals surface area (Å²) in [5.41, 5.74) is 0.888. The van der Waals surface area contributed by atoms with Gasteiger partial charge in [-0.15, -0.1) is 12.4 Å². The molecular weight excluding hydrogens is 281 g/mol. The molecule has 3 nitrogen and oxygen atoms in total. The third kappa shape index (κ3) is 3.08. The molecule has 5 heteroatoms. The fourth-order valence-corrected chi connectivity index (χ4v) is 1.95. The van der Waals surface area contributed by atoms with Crippen molar-refractivity contribution in [2.75, 3.05) is 19.8 Å². The zero-order valence-corrected chi connectivity index (χ0v) is 10.5. The number of benzene rings is 1. The van der Waals surface area contributed by atoms with Crippen LogP contribution in [0.15, 0.2) is 22.7 Å². The van der Waals surface area contributed by atoms with Crippen molar-refractivity contribution >= 4 is 28.3 Å². The minimum Gasteiger partial charge on any atom is -0.508 e. The SMILES string of the molecule is Cl.Oc1ccc(Br)cc1[C@@H]1COCCN1. The second kappa shape index (κ2) is 5.70. The van der Waals surface area contributed by atoms with E-state index in [1.807, 2.05) is 12.1 Å². The van der Waals surface area contributed by atoms with Crippen LogP contribution < -0.4 is 5.32 Å². The Labute approximate surface area is 103 Å². The molecule has 84 valence electrons. The number of morpholine rings is 1. The van der Waals surface area contributed by atoms with Crippen molar-refractivity contribution in [1.29, 1.82) is 0 Å². The fourth-order valence-electron chi connectivity index (χ4n) is 1.57. The van der Waals surface area contributed by atoms with E-state index in [1.54, 1.807) is 6.07 Å². The van der Waals surface area contributed by atoms with Gasteiger partial charge in [0, 0.05) is 16.6 Å². The standard InChI is InChI=1S/C10H12BrNO2.ClH/c11-7-1-2-10(13)8(5-7)9-6-14-4-3-12-9;/h1-2,5,9,12-13H,3-4,6H2;1H/t9-;/m0./s1. The van der Waals surface area contributed by atoms with Gasteiger partial charge in [-0.3, -0.25) is 0 Å². The van der Waals surface area contributed by atoms with Crippen LogP contribution in [0.4, 0.5) is 0 Å². The molecular formula is C10H13BrClNO2. The topological polar surface area (TPSA) is 41.5 Å². The molecule has 1 aliphatic heterocycles. The normalized spacial score (nSPS) is 20.7. The number of aromatic hydroxyl groups is 1. The summed E-state index contributed by atoms with van der Waals surface area (Å²) in [7, 11) is 0. The molecule has 1 heterocycles. The summed E-state index contributed by atoms with van der Waals surface area (Å²) in [6.07, 6.45) is 0. The van der Waals surface area contributed by atoms with Crippen LogP contribution in [0.5, 0.6) is 5.75 Å². The van der Waals surface area contributed by atoms with Crippen LogP contribution in [0.2, 0.25) is 0 Å². The van der Waals surface area contributed by atoms with Crippen molar-refractivity contribution in [3.8, 4) is 5.75 Å². The number of nitrogens with one attached hydrogen (secondary N) is 1. The summed E-state index contributed by atoms with van der Waals surface area (Å²) in [6.45, 7) is 2.19. The molecule has 1 atom stereocenters. The maximum absolute atomic E-state index is 9.67. The summed E-state index contributed by atoms with van der Waals surface area (Å²) in [5, 5.41) is 13.0. The molecule has 1 saturated heterocycles. The summed E-state index contributed by atoms with van der Waals surface area (Å²) >= 11 is 3.38. The monoisotopic (exact) mass is 293 g/mol. The number of halogens is 2. The minimum absolute atomic E-state index is 0. The molecule has 1 aromatic carbocycles. The molecule has 0 spiro atoms. The average Bonchev–Trinajstić information content (AvgIpc) is 2.23. The van der Waals surface area contributed by atoms with E-state index in [4.69, 9.17) is 4.74 Å². The van der Waals surface area contributed by atoms with Crippen LogP contribution in [0.25, 0.3) is 0 Å². The lowest BCUT2D eigenvalue weighted by atomic mass is 10.1. The Morgan fingerprint density at radius 1 is 1.47 bits per heavy atom. The van der Waals surface area contributed by atoms with Crippen LogP contribution >= 0.6 is 28.3 Å². The maximum Gasteiger partial charge on any atom is 0.120 e. The number of hydrogen-bond acceptors (Lipinski definition) is 3. The minimum atomic E-state index is 0. The summed E-state index contributed by atoms with van der Waals surface area (Å²) in [5.74, 6) is 0.316. The molecule has 15 heavy (non-hydrogen) atoms. The molecule has 0 unspecified atom stereocenters. The largest absolute Gasteiger partial charge is 0.508 e. The smallest absolute Gasteiger partial charge is 0.120 e. The molecule has 0 bridgehead atoms. The average molecular weight is 295 g/mol. The molecule has 1 aliphatic rings. The highest BCUT2D eigenvalue weighted by atomic mass is 79.9. The van der Waals surface area contributed by atoms with Crippen LogP contribution in [0.1, 0.15) is 11.6 Å². The van der Waals surface area contributed by atoms with Gasteiger partial charge in [-0.1, -0.05) is 15.9 Å². The van der Waals surface area contributed by atoms with Crippen molar-refractivity contribution < 1.29 is 9.84 Å². The quantitative estimate of drug-likeness (QED) is 0.835. The second-order valence-corrected chi connectivity index (χ2v) is 4.20. The first-order valence-corrected chi connectivity index (χ1v) is 5.36. The summed E-state index contributed by atoms with van der Waals surface area (Å²) in [4.78, 5) is 0. The number of rotatable bonds is 1. The Balaban J connectivity index is 0.00000112. The number of phenolic OH excluding ortho intramolecular Hbond substituents is 1. The molecule has 1 fully saturated rings. The van der Waals surface area contributed by atoms with E-state index in [9.17, 15) is 5.11 Å². The zero-order chi connectivity index (χ0) is 9.97. The van der Waals surface area contributed by atoms with Crippen molar-refractivity contribution in [2.24, 2.45) is 0 Å². The van der Waals surface area contributed by atoms with Gasteiger partial charge in [-0.25, -0.2) is 0 Å². The Morgan fingerprint density at radius 3 is 2.93 bits per heavy atom. The van der Waals surface area contributed by atoms with Crippen LogP contribution in [0, 0.1) is 0 Å². The van der Waals surface area contributed by atoms with Gasteiger partial charge >= 0.3 is 0 Å². The maximum atomic E-state index is 9.67. The van der Waals surface area contributed by atoms with Crippen LogP contribution in [0.3, 0.4) is 0 Å². The van der Waals surface area contributed by atoms with Gasteiger partial charge in [0.15, 0.2) is 0 Å². The first kappa shape index (κ1) is 12.8. The Hall–Kier alpha value is -0.290. The zero-order valence-electron chi connectivity index (χ0n) is 8.07. The number of hydrogen-bond donors (Lipinski definition) is 2. The van der Waals surface area contributed by atoms with Gasteiger partial charge in [-0.2, -0.15) is 0 Å². The van der Waals surface area contributed by atoms with Gasteiger partial charge in [-0.05, 0) is 18.2 Å². The third-order valence-corrected chi connectivity index (χ3v) is 2.78. The number of ether oxygens (including phenoxy) is 1. The molecule has 2 rings (SSSR count). The van der Waals surface area contributed by atoms with E-state index in [0.29, 0.717) is 12.4 Å². The van der Waals surface area contributed by atoms with Crippen molar-refractivity contribution in [1.82, 2.24) is 5.32 Å². The molecule has 2 N–H and O–H groups in total. The summed E-state index contributed by atoms with van der Waals surface area (Å²) < 4.78 is 6.31. The first-order valence-electron chi connectivity index (χ1n) is 4.57. The molecule has 0 aromatic heterocycles. The van der Waals surface area contributed by atoms with E-state index >= 15 is 0 Å². The lowest BCUT2D eigenvalue weighted by Gasteiger charge is -2.24. The van der Waals surface area contributed by atoms with Gasteiger partial charge < -0.3 is 15.2 Å². The third-order valence-electron chi connectivity index (χ3n) is 2.29. The van der Waals surface area contributed by atoms with Gasteiger partial charge in [0.2, 0.25) is 0 Å². The molecule has 0 saturated carbocycles. The fraction of sp³-hybridized carbons (Fsp3) is 0.400. The van der Waals surface area contributed by atoms with Crippen molar-refractivity contribution in [3.05, 3.63) is 28.2 Å². The highest BCUT2D eigenvalue weighted by Crippen LogP contribution is 2.28. The van der Waals surface area contributed by atoms with E-state index in [1.165, 1.54) is 0 Å². The molecule has 1 aromatic rings. The first-order chi connectivity index (χ1) is 6.77. The lowest BCUT2D eigenvalue weighted by molar-refractivity contribution is 0.0761. The van der Waals surface area contributed by atoms with E-state index in [2.05, 4.69) is 21.2 Å². The lowest BCUT2D eigenvalue weighted by Crippen LogP contribution is -2.34. The highest BCUT2D eigenvalue weighted by Gasteiger charge is 2.18. The van der Waals surface area contributed by atoms with Crippen molar-refractivity contribution in [2.45, 2.75) is 6.04 Å². The van der Waals surface area contributed by atoms with E-state index in [0.717, 1.165) is 23.2 Å². The van der Waals surface area contributed by atoms with Gasteiger partial charge in [0.25, 0.3) is 0 Å². The Kier molecular flexibility index (Phi) is 4.86. The highest BCUT2D eigenvalue weighted by molar-refractivity contribution is 9.10. The van der Waals surface area contributed by atoms with E-state index < -0.39 is 0 Å². The Morgan fingerprint density at radius 2 is 2.27 bits per heavy atom. The predicted molar refractivity (Wildman–Crippen MR) is 64.6 cm³/mol. The second-order valence-electron chi connectivity index (χ2n) is 3.28. The van der Waals surface area contributed by atoms with Crippen molar-refractivity contribution in [3.63, 3.8) is 0 Å². The van der Waals surface area contributed by atoms with Crippen LogP contribution in [-0.4, -0.2) is 24.9 Å². The predicted octanol–water partition coefficient (Wildman–Crippen LogP) is 2.24. The Bertz CT molecular complexity index is 329.